The molecule has 0 aliphatic heterocycles. The van der Waals surface area contributed by atoms with Crippen LogP contribution < -0.4 is 0 Å². The molecule has 0 fully saturated rings. The Morgan fingerprint density at radius 1 is 1.39 bits per heavy atom. The summed E-state index contributed by atoms with van der Waals surface area (Å²) in [5.41, 5.74) is -1.53. The molecule has 0 aliphatic carbocycles. The van der Waals surface area contributed by atoms with Gasteiger partial charge in [0, 0.05) is 5.56 Å². The van der Waals surface area contributed by atoms with E-state index in [1.165, 1.54) is 12.1 Å². The zero-order chi connectivity index (χ0) is 13.8. The van der Waals surface area contributed by atoms with Gasteiger partial charge >= 0.3 is 12.1 Å². The summed E-state index contributed by atoms with van der Waals surface area (Å²) < 4.78 is 42.6. The van der Waals surface area contributed by atoms with Crippen molar-refractivity contribution in [1.29, 1.82) is 0 Å². The molecular weight excluding hydrogens is 249 g/mol. The Balaban J connectivity index is 2.99. The van der Waals surface area contributed by atoms with Gasteiger partial charge in [0.2, 0.25) is 0 Å². The van der Waals surface area contributed by atoms with Crippen LogP contribution in [0.25, 0.3) is 0 Å². The van der Waals surface area contributed by atoms with E-state index in [4.69, 9.17) is 0 Å². The molecule has 6 heteroatoms. The van der Waals surface area contributed by atoms with Crippen molar-refractivity contribution >= 4 is 5.97 Å². The molecule has 0 radical (unpaired) electrons. The van der Waals surface area contributed by atoms with Crippen LogP contribution in [-0.4, -0.2) is 17.7 Å². The van der Waals surface area contributed by atoms with E-state index in [0.29, 0.717) is 6.42 Å². The van der Waals surface area contributed by atoms with Crippen molar-refractivity contribution in [2.75, 3.05) is 6.61 Å². The highest BCUT2D eigenvalue weighted by atomic mass is 19.4. The molecule has 0 heterocycles. The predicted octanol–water partition coefficient (Wildman–Crippen LogP) is 2.69. The van der Waals surface area contributed by atoms with E-state index in [0.717, 1.165) is 12.1 Å². The molecule has 1 N–H and O–H groups in total. The Bertz CT molecular complexity index is 415. The monoisotopic (exact) mass is 262 g/mol. The van der Waals surface area contributed by atoms with Gasteiger partial charge in [-0.25, -0.2) is 4.79 Å². The molecule has 1 rings (SSSR count). The Kier molecular flexibility index (Phi) is 4.72. The zero-order valence-corrected chi connectivity index (χ0v) is 9.70. The van der Waals surface area contributed by atoms with E-state index in [2.05, 4.69) is 4.74 Å². The molecule has 0 aromatic heterocycles. The Labute approximate surface area is 102 Å². The molecular formula is C12H13F3O3. The SMILES string of the molecule is CCCOC(=O)C(O)c1ccccc1C(F)(F)F. The summed E-state index contributed by atoms with van der Waals surface area (Å²) in [7, 11) is 0. The summed E-state index contributed by atoms with van der Waals surface area (Å²) in [6.07, 6.45) is -6.02. The lowest BCUT2D eigenvalue weighted by Crippen LogP contribution is -2.20. The molecule has 1 atom stereocenters. The highest BCUT2D eigenvalue weighted by Crippen LogP contribution is 2.34. The molecule has 0 bridgehead atoms. The van der Waals surface area contributed by atoms with Crippen LogP contribution in [0.1, 0.15) is 30.6 Å². The van der Waals surface area contributed by atoms with Crippen molar-refractivity contribution < 1.29 is 27.8 Å². The van der Waals surface area contributed by atoms with Crippen LogP contribution in [0.5, 0.6) is 0 Å². The number of aliphatic hydroxyl groups excluding tert-OH is 1. The first-order valence-corrected chi connectivity index (χ1v) is 5.38. The van der Waals surface area contributed by atoms with Gasteiger partial charge in [0.25, 0.3) is 0 Å². The third kappa shape index (κ3) is 3.46. The molecule has 0 saturated carbocycles. The maximum Gasteiger partial charge on any atom is 0.416 e. The maximum atomic E-state index is 12.7. The number of alkyl halides is 3. The van der Waals surface area contributed by atoms with Crippen LogP contribution in [0.15, 0.2) is 24.3 Å². The van der Waals surface area contributed by atoms with Crippen molar-refractivity contribution in [3.8, 4) is 0 Å². The summed E-state index contributed by atoms with van der Waals surface area (Å²) in [5, 5.41) is 9.59. The summed E-state index contributed by atoms with van der Waals surface area (Å²) in [6, 6.07) is 4.38. The minimum Gasteiger partial charge on any atom is -0.464 e. The average Bonchev–Trinajstić information content (AvgIpc) is 2.34. The van der Waals surface area contributed by atoms with Crippen molar-refractivity contribution in [1.82, 2.24) is 0 Å². The molecule has 18 heavy (non-hydrogen) atoms. The van der Waals surface area contributed by atoms with Crippen molar-refractivity contribution in [3.05, 3.63) is 35.4 Å². The molecule has 1 unspecified atom stereocenters. The normalized spacial score (nSPS) is 13.2. The van der Waals surface area contributed by atoms with Crippen molar-refractivity contribution in [2.24, 2.45) is 0 Å². The standard InChI is InChI=1S/C12H13F3O3/c1-2-7-18-11(17)10(16)8-5-3-4-6-9(8)12(13,14)15/h3-6,10,16H,2,7H2,1H3. The Morgan fingerprint density at radius 2 is 2.00 bits per heavy atom. The van der Waals surface area contributed by atoms with Crippen molar-refractivity contribution in [2.45, 2.75) is 25.6 Å². The molecule has 0 saturated heterocycles. The second-order valence-electron chi connectivity index (χ2n) is 3.66. The van der Waals surface area contributed by atoms with Gasteiger partial charge in [-0.15, -0.1) is 0 Å². The van der Waals surface area contributed by atoms with E-state index >= 15 is 0 Å². The largest absolute Gasteiger partial charge is 0.464 e. The molecule has 0 aliphatic rings. The van der Waals surface area contributed by atoms with Gasteiger partial charge in [-0.1, -0.05) is 25.1 Å². The van der Waals surface area contributed by atoms with Crippen LogP contribution in [0.2, 0.25) is 0 Å². The summed E-state index contributed by atoms with van der Waals surface area (Å²) in [4.78, 5) is 11.3. The van der Waals surface area contributed by atoms with Gasteiger partial charge in [-0.3, -0.25) is 0 Å². The highest BCUT2D eigenvalue weighted by Gasteiger charge is 2.36. The minimum absolute atomic E-state index is 0.0596. The molecule has 1 aromatic rings. The molecule has 1 aromatic carbocycles. The quantitative estimate of drug-likeness (QED) is 0.848. The summed E-state index contributed by atoms with van der Waals surface area (Å²) >= 11 is 0. The van der Waals surface area contributed by atoms with Crippen LogP contribution in [0.4, 0.5) is 13.2 Å². The average molecular weight is 262 g/mol. The molecule has 3 nitrogen and oxygen atoms in total. The molecule has 100 valence electrons. The zero-order valence-electron chi connectivity index (χ0n) is 9.70. The van der Waals surface area contributed by atoms with Crippen LogP contribution in [-0.2, 0) is 15.7 Å². The third-order valence-corrected chi connectivity index (χ3v) is 2.23. The number of aliphatic hydroxyl groups is 1. The number of esters is 1. The van der Waals surface area contributed by atoms with Gasteiger partial charge < -0.3 is 9.84 Å². The number of rotatable bonds is 4. The van der Waals surface area contributed by atoms with Crippen molar-refractivity contribution in [3.63, 3.8) is 0 Å². The highest BCUT2D eigenvalue weighted by molar-refractivity contribution is 5.76. The number of carbonyl (C=O) groups is 1. The topological polar surface area (TPSA) is 46.5 Å². The van der Waals surface area contributed by atoms with Gasteiger partial charge in [0.15, 0.2) is 6.10 Å². The number of halogens is 3. The number of hydrogen-bond donors (Lipinski definition) is 1. The lowest BCUT2D eigenvalue weighted by Gasteiger charge is -2.16. The fourth-order valence-electron chi connectivity index (χ4n) is 1.40. The van der Waals surface area contributed by atoms with Gasteiger partial charge in [-0.2, -0.15) is 13.2 Å². The van der Waals surface area contributed by atoms with E-state index in [9.17, 15) is 23.1 Å². The second-order valence-corrected chi connectivity index (χ2v) is 3.66. The predicted molar refractivity (Wildman–Crippen MR) is 57.7 cm³/mol. The smallest absolute Gasteiger partial charge is 0.416 e. The molecule has 0 amide bonds. The van der Waals surface area contributed by atoms with Crippen LogP contribution >= 0.6 is 0 Å². The Morgan fingerprint density at radius 3 is 2.56 bits per heavy atom. The van der Waals surface area contributed by atoms with E-state index in [1.54, 1.807) is 6.92 Å². The van der Waals surface area contributed by atoms with Crippen LogP contribution in [0, 0.1) is 0 Å². The van der Waals surface area contributed by atoms with E-state index in [1.807, 2.05) is 0 Å². The first-order chi connectivity index (χ1) is 8.38. The van der Waals surface area contributed by atoms with E-state index in [-0.39, 0.29) is 6.61 Å². The Hall–Kier alpha value is -1.56. The van der Waals surface area contributed by atoms with Gasteiger partial charge in [0.05, 0.1) is 12.2 Å². The minimum atomic E-state index is -4.62. The second kappa shape index (κ2) is 5.86. The summed E-state index contributed by atoms with van der Waals surface area (Å²) in [6.45, 7) is 1.80. The fraction of sp³-hybridized carbons (Fsp3) is 0.417. The van der Waals surface area contributed by atoms with Crippen LogP contribution in [0.3, 0.4) is 0 Å². The van der Waals surface area contributed by atoms with Gasteiger partial charge in [-0.05, 0) is 12.5 Å². The lowest BCUT2D eigenvalue weighted by molar-refractivity contribution is -0.155. The molecule has 0 spiro atoms. The van der Waals surface area contributed by atoms with Gasteiger partial charge in [0.1, 0.15) is 0 Å². The third-order valence-electron chi connectivity index (χ3n) is 2.23. The number of carbonyl (C=O) groups excluding carboxylic acids is 1. The first kappa shape index (κ1) is 14.5. The number of benzene rings is 1. The first-order valence-electron chi connectivity index (χ1n) is 5.38. The number of hydrogen-bond acceptors (Lipinski definition) is 3. The summed E-state index contributed by atoms with van der Waals surface area (Å²) in [5.74, 6) is -1.08. The van der Waals surface area contributed by atoms with E-state index < -0.39 is 29.4 Å². The fourth-order valence-corrected chi connectivity index (χ4v) is 1.40. The lowest BCUT2D eigenvalue weighted by atomic mass is 10.0. The number of ether oxygens (including phenoxy) is 1. The maximum absolute atomic E-state index is 12.7.